The summed E-state index contributed by atoms with van der Waals surface area (Å²) in [6.45, 7) is 4.62. The van der Waals surface area contributed by atoms with Crippen molar-refractivity contribution in [3.8, 4) is 5.75 Å². The van der Waals surface area contributed by atoms with Gasteiger partial charge in [-0.1, -0.05) is 31.5 Å². The van der Waals surface area contributed by atoms with Gasteiger partial charge in [0, 0.05) is 12.1 Å². The summed E-state index contributed by atoms with van der Waals surface area (Å²) in [6.07, 6.45) is 0. The molecule has 6 heteroatoms. The van der Waals surface area contributed by atoms with Crippen molar-refractivity contribution in [2.75, 3.05) is 13.7 Å². The standard InChI is InChI=1S/C14H18ClN3O2/c1-8(2)7-18-12(13(16)17-14(18)19)11-9(15)5-4-6-10(11)20-3/h4-6,8,12H,7H2,1-3H3,(H2,16,17,19). The maximum absolute atomic E-state index is 12.0. The summed E-state index contributed by atoms with van der Waals surface area (Å²) in [6, 6.07) is 4.55. The summed E-state index contributed by atoms with van der Waals surface area (Å²) in [5, 5.41) is 0.510. The zero-order valence-electron chi connectivity index (χ0n) is 11.8. The maximum atomic E-state index is 12.0. The Labute approximate surface area is 123 Å². The Bertz CT molecular complexity index is 557. The molecule has 0 radical (unpaired) electrons. The van der Waals surface area contributed by atoms with Crippen LogP contribution in [-0.4, -0.2) is 30.4 Å². The first-order chi connectivity index (χ1) is 9.45. The Balaban J connectivity index is 2.49. The molecule has 1 atom stereocenters. The Hall–Kier alpha value is -1.75. The summed E-state index contributed by atoms with van der Waals surface area (Å²) in [4.78, 5) is 17.5. The van der Waals surface area contributed by atoms with Gasteiger partial charge in [-0.2, -0.15) is 4.99 Å². The third-order valence-corrected chi connectivity index (χ3v) is 3.46. The molecule has 0 aromatic heterocycles. The molecular formula is C14H18ClN3O2. The normalized spacial score (nSPS) is 18.6. The van der Waals surface area contributed by atoms with Gasteiger partial charge < -0.3 is 15.4 Å². The van der Waals surface area contributed by atoms with Gasteiger partial charge in [0.05, 0.1) is 12.1 Å². The maximum Gasteiger partial charge on any atom is 0.346 e. The van der Waals surface area contributed by atoms with E-state index < -0.39 is 6.04 Å². The first-order valence-corrected chi connectivity index (χ1v) is 6.80. The fraction of sp³-hybridized carbons (Fsp3) is 0.429. The number of methoxy groups -OCH3 is 1. The van der Waals surface area contributed by atoms with Crippen molar-refractivity contribution >= 4 is 23.5 Å². The highest BCUT2D eigenvalue weighted by molar-refractivity contribution is 6.32. The number of carbonyl (C=O) groups excluding carboxylic acids is 1. The minimum Gasteiger partial charge on any atom is -0.496 e. The number of ether oxygens (including phenoxy) is 1. The lowest BCUT2D eigenvalue weighted by atomic mass is 10.0. The first-order valence-electron chi connectivity index (χ1n) is 6.42. The molecule has 0 saturated carbocycles. The van der Waals surface area contributed by atoms with Crippen LogP contribution < -0.4 is 10.5 Å². The van der Waals surface area contributed by atoms with Crippen LogP contribution in [0.25, 0.3) is 0 Å². The molecule has 1 heterocycles. The lowest BCUT2D eigenvalue weighted by Gasteiger charge is -2.27. The lowest BCUT2D eigenvalue weighted by Crippen LogP contribution is -2.36. The number of amides is 2. The van der Waals surface area contributed by atoms with Crippen LogP contribution in [0.3, 0.4) is 0 Å². The molecule has 1 unspecified atom stereocenters. The second kappa shape index (κ2) is 5.71. The third kappa shape index (κ3) is 2.58. The SMILES string of the molecule is COc1cccc(Cl)c1C1C(N)=NC(=O)N1CC(C)C. The molecule has 20 heavy (non-hydrogen) atoms. The molecule has 1 aliphatic rings. The van der Waals surface area contributed by atoms with Crippen molar-refractivity contribution in [1.29, 1.82) is 0 Å². The van der Waals surface area contributed by atoms with Crippen LogP contribution in [0, 0.1) is 5.92 Å². The van der Waals surface area contributed by atoms with Crippen LogP contribution in [0.4, 0.5) is 4.79 Å². The Kier molecular flexibility index (Phi) is 4.18. The molecule has 2 N–H and O–H groups in total. The van der Waals surface area contributed by atoms with Gasteiger partial charge in [-0.15, -0.1) is 0 Å². The lowest BCUT2D eigenvalue weighted by molar-refractivity contribution is 0.198. The summed E-state index contributed by atoms with van der Waals surface area (Å²) in [5.74, 6) is 1.15. The number of hydrogen-bond acceptors (Lipinski definition) is 3. The Morgan fingerprint density at radius 3 is 2.80 bits per heavy atom. The number of nitrogens with two attached hydrogens (primary N) is 1. The van der Waals surface area contributed by atoms with Gasteiger partial charge in [-0.3, -0.25) is 0 Å². The number of hydrogen-bond donors (Lipinski definition) is 1. The van der Waals surface area contributed by atoms with Gasteiger partial charge in [0.25, 0.3) is 0 Å². The summed E-state index contributed by atoms with van der Waals surface area (Å²) < 4.78 is 5.34. The number of carbonyl (C=O) groups is 1. The van der Waals surface area contributed by atoms with E-state index in [1.165, 1.54) is 0 Å². The van der Waals surface area contributed by atoms with E-state index in [1.54, 1.807) is 30.2 Å². The van der Waals surface area contributed by atoms with Crippen molar-refractivity contribution in [2.24, 2.45) is 16.6 Å². The minimum absolute atomic E-state index is 0.252. The predicted molar refractivity (Wildman–Crippen MR) is 79.3 cm³/mol. The van der Waals surface area contributed by atoms with Crippen molar-refractivity contribution in [1.82, 2.24) is 4.90 Å². The highest BCUT2D eigenvalue weighted by atomic mass is 35.5. The van der Waals surface area contributed by atoms with E-state index in [2.05, 4.69) is 4.99 Å². The number of benzene rings is 1. The van der Waals surface area contributed by atoms with Gasteiger partial charge in [0.2, 0.25) is 0 Å². The number of aliphatic imine (C=N–C) groups is 1. The van der Waals surface area contributed by atoms with E-state index in [0.717, 1.165) is 0 Å². The molecule has 0 bridgehead atoms. The topological polar surface area (TPSA) is 67.9 Å². The molecular weight excluding hydrogens is 278 g/mol. The van der Waals surface area contributed by atoms with Crippen molar-refractivity contribution in [3.05, 3.63) is 28.8 Å². The van der Waals surface area contributed by atoms with Crippen molar-refractivity contribution in [2.45, 2.75) is 19.9 Å². The molecule has 0 fully saturated rings. The second-order valence-electron chi connectivity index (χ2n) is 5.12. The zero-order chi connectivity index (χ0) is 14.9. The van der Waals surface area contributed by atoms with Crippen LogP contribution in [-0.2, 0) is 0 Å². The Morgan fingerprint density at radius 2 is 2.20 bits per heavy atom. The monoisotopic (exact) mass is 295 g/mol. The summed E-state index contributed by atoms with van der Waals surface area (Å²) in [5.41, 5.74) is 6.62. The number of halogens is 1. The number of nitrogens with zero attached hydrogens (tertiary/aromatic N) is 2. The quantitative estimate of drug-likeness (QED) is 0.928. The van der Waals surface area contributed by atoms with Crippen LogP contribution in [0.5, 0.6) is 5.75 Å². The van der Waals surface area contributed by atoms with E-state index in [4.69, 9.17) is 22.1 Å². The summed E-state index contributed by atoms with van der Waals surface area (Å²) >= 11 is 6.27. The average molecular weight is 296 g/mol. The number of amidine groups is 1. The predicted octanol–water partition coefficient (Wildman–Crippen LogP) is 2.84. The van der Waals surface area contributed by atoms with E-state index in [1.807, 2.05) is 13.8 Å². The third-order valence-electron chi connectivity index (χ3n) is 3.13. The fourth-order valence-corrected chi connectivity index (χ4v) is 2.62. The molecule has 2 amide bonds. The number of rotatable bonds is 4. The first kappa shape index (κ1) is 14.7. The smallest absolute Gasteiger partial charge is 0.346 e. The highest BCUT2D eigenvalue weighted by Gasteiger charge is 2.37. The highest BCUT2D eigenvalue weighted by Crippen LogP contribution is 2.38. The molecule has 0 spiro atoms. The van der Waals surface area contributed by atoms with Gasteiger partial charge in [0.1, 0.15) is 17.6 Å². The second-order valence-corrected chi connectivity index (χ2v) is 5.53. The molecule has 1 aromatic carbocycles. The van der Waals surface area contributed by atoms with Crippen LogP contribution in [0.15, 0.2) is 23.2 Å². The van der Waals surface area contributed by atoms with E-state index in [0.29, 0.717) is 28.8 Å². The van der Waals surface area contributed by atoms with E-state index >= 15 is 0 Å². The van der Waals surface area contributed by atoms with E-state index in [-0.39, 0.29) is 11.9 Å². The molecule has 2 rings (SSSR count). The van der Waals surface area contributed by atoms with Crippen LogP contribution in [0.1, 0.15) is 25.5 Å². The molecule has 5 nitrogen and oxygen atoms in total. The minimum atomic E-state index is -0.464. The molecule has 0 aliphatic carbocycles. The van der Waals surface area contributed by atoms with Crippen molar-refractivity contribution < 1.29 is 9.53 Å². The van der Waals surface area contributed by atoms with Crippen LogP contribution >= 0.6 is 11.6 Å². The van der Waals surface area contributed by atoms with E-state index in [9.17, 15) is 4.79 Å². The Morgan fingerprint density at radius 1 is 1.50 bits per heavy atom. The average Bonchev–Trinajstić information content (AvgIpc) is 2.64. The molecule has 1 aliphatic heterocycles. The zero-order valence-corrected chi connectivity index (χ0v) is 12.5. The summed E-state index contributed by atoms with van der Waals surface area (Å²) in [7, 11) is 1.56. The largest absolute Gasteiger partial charge is 0.496 e. The number of urea groups is 1. The fourth-order valence-electron chi connectivity index (χ4n) is 2.35. The molecule has 108 valence electrons. The molecule has 1 aromatic rings. The van der Waals surface area contributed by atoms with Gasteiger partial charge in [-0.25, -0.2) is 4.79 Å². The van der Waals surface area contributed by atoms with Crippen LogP contribution in [0.2, 0.25) is 5.02 Å². The van der Waals surface area contributed by atoms with Gasteiger partial charge >= 0.3 is 6.03 Å². The van der Waals surface area contributed by atoms with Gasteiger partial charge in [0.15, 0.2) is 0 Å². The van der Waals surface area contributed by atoms with Gasteiger partial charge in [-0.05, 0) is 18.1 Å². The molecule has 0 saturated heterocycles. The van der Waals surface area contributed by atoms with Crippen molar-refractivity contribution in [3.63, 3.8) is 0 Å².